The number of halogens is 3. The number of benzene rings is 1. The van der Waals surface area contributed by atoms with Gasteiger partial charge in [-0.25, -0.2) is 4.79 Å². The van der Waals surface area contributed by atoms with Crippen LogP contribution in [0.5, 0.6) is 0 Å². The van der Waals surface area contributed by atoms with Gasteiger partial charge in [0.15, 0.2) is 0 Å². The molecule has 0 spiro atoms. The molecule has 0 radical (unpaired) electrons. The Morgan fingerprint density at radius 3 is 2.63 bits per heavy atom. The molecule has 19 heavy (non-hydrogen) atoms. The summed E-state index contributed by atoms with van der Waals surface area (Å²) in [5, 5.41) is 8.45. The maximum Gasteiger partial charge on any atom is 0.417 e. The summed E-state index contributed by atoms with van der Waals surface area (Å²) in [4.78, 5) is 11.6. The van der Waals surface area contributed by atoms with Gasteiger partial charge in [0, 0.05) is 6.42 Å². The van der Waals surface area contributed by atoms with Crippen molar-refractivity contribution in [1.82, 2.24) is 0 Å². The summed E-state index contributed by atoms with van der Waals surface area (Å²) in [7, 11) is 0. The van der Waals surface area contributed by atoms with Gasteiger partial charge in [0.2, 0.25) is 0 Å². The highest BCUT2D eigenvalue weighted by Gasteiger charge is 2.35. The summed E-state index contributed by atoms with van der Waals surface area (Å²) in [5.41, 5.74) is -1.03. The molecule has 0 saturated carbocycles. The van der Waals surface area contributed by atoms with E-state index in [1.54, 1.807) is 0 Å². The summed E-state index contributed by atoms with van der Waals surface area (Å²) in [5.74, 6) is -1.01. The van der Waals surface area contributed by atoms with Crippen molar-refractivity contribution in [2.75, 3.05) is 6.61 Å². The molecule has 0 aliphatic rings. The highest BCUT2D eigenvalue weighted by Crippen LogP contribution is 2.33. The number of carbonyl (C=O) groups is 1. The Bertz CT molecular complexity index is 504. The van der Waals surface area contributed by atoms with Crippen molar-refractivity contribution < 1.29 is 22.7 Å². The second-order valence-electron chi connectivity index (χ2n) is 3.76. The minimum atomic E-state index is -4.62. The van der Waals surface area contributed by atoms with Crippen LogP contribution in [0.4, 0.5) is 13.2 Å². The fourth-order valence-electron chi connectivity index (χ4n) is 1.57. The average Bonchev–Trinajstić information content (AvgIpc) is 2.35. The smallest absolute Gasteiger partial charge is 0.417 e. The summed E-state index contributed by atoms with van der Waals surface area (Å²) >= 11 is 0. The highest BCUT2D eigenvalue weighted by molar-refractivity contribution is 5.91. The fraction of sp³-hybridized carbons (Fsp3) is 0.385. The van der Waals surface area contributed by atoms with Gasteiger partial charge in [0.05, 0.1) is 23.8 Å². The summed E-state index contributed by atoms with van der Waals surface area (Å²) < 4.78 is 42.9. The highest BCUT2D eigenvalue weighted by atomic mass is 19.4. The van der Waals surface area contributed by atoms with E-state index in [1.807, 2.05) is 6.07 Å². The van der Waals surface area contributed by atoms with E-state index in [1.165, 1.54) is 13.0 Å². The summed E-state index contributed by atoms with van der Waals surface area (Å²) in [6.07, 6.45) is -4.15. The quantitative estimate of drug-likeness (QED) is 0.789. The third kappa shape index (κ3) is 3.98. The van der Waals surface area contributed by atoms with Gasteiger partial charge >= 0.3 is 12.1 Å². The molecule has 1 aromatic carbocycles. The van der Waals surface area contributed by atoms with Crippen LogP contribution in [-0.2, 0) is 17.3 Å². The number of nitriles is 1. The lowest BCUT2D eigenvalue weighted by atomic mass is 10.0. The van der Waals surface area contributed by atoms with Gasteiger partial charge in [0.25, 0.3) is 0 Å². The number of ether oxygens (including phenoxy) is 1. The van der Waals surface area contributed by atoms with E-state index in [-0.39, 0.29) is 13.0 Å². The fourth-order valence-corrected chi connectivity index (χ4v) is 1.57. The first kappa shape index (κ1) is 15.0. The number of aryl methyl sites for hydroxylation is 1. The van der Waals surface area contributed by atoms with Gasteiger partial charge in [-0.2, -0.15) is 18.4 Å². The van der Waals surface area contributed by atoms with E-state index in [0.29, 0.717) is 12.0 Å². The molecule has 0 unspecified atom stereocenters. The van der Waals surface area contributed by atoms with Gasteiger partial charge in [-0.15, -0.1) is 0 Å². The van der Waals surface area contributed by atoms with Crippen molar-refractivity contribution in [2.24, 2.45) is 0 Å². The first-order chi connectivity index (χ1) is 8.90. The number of alkyl halides is 3. The number of hydrogen-bond donors (Lipinski definition) is 0. The molecule has 0 atom stereocenters. The number of carbonyl (C=O) groups excluding carboxylic acids is 1. The van der Waals surface area contributed by atoms with E-state index in [4.69, 9.17) is 5.26 Å². The zero-order valence-corrected chi connectivity index (χ0v) is 10.3. The van der Waals surface area contributed by atoms with Crippen LogP contribution < -0.4 is 0 Å². The Labute approximate surface area is 108 Å². The molecule has 1 aromatic rings. The van der Waals surface area contributed by atoms with Crippen LogP contribution in [0.2, 0.25) is 0 Å². The molecule has 0 fully saturated rings. The van der Waals surface area contributed by atoms with E-state index < -0.39 is 23.3 Å². The zero-order valence-electron chi connectivity index (χ0n) is 10.3. The molecule has 0 saturated heterocycles. The van der Waals surface area contributed by atoms with E-state index in [9.17, 15) is 18.0 Å². The minimum Gasteiger partial charge on any atom is -0.462 e. The number of rotatable bonds is 4. The van der Waals surface area contributed by atoms with Crippen LogP contribution in [0.3, 0.4) is 0 Å². The first-order valence-corrected chi connectivity index (χ1v) is 5.64. The topological polar surface area (TPSA) is 50.1 Å². The van der Waals surface area contributed by atoms with Gasteiger partial charge in [-0.3, -0.25) is 0 Å². The molecule has 0 aliphatic carbocycles. The van der Waals surface area contributed by atoms with E-state index in [0.717, 1.165) is 12.1 Å². The van der Waals surface area contributed by atoms with Crippen molar-refractivity contribution in [3.8, 4) is 6.07 Å². The van der Waals surface area contributed by atoms with Gasteiger partial charge in [-0.05, 0) is 31.0 Å². The van der Waals surface area contributed by atoms with Crippen LogP contribution in [0.25, 0.3) is 0 Å². The van der Waals surface area contributed by atoms with Crippen LogP contribution in [-0.4, -0.2) is 12.6 Å². The van der Waals surface area contributed by atoms with Crippen molar-refractivity contribution in [3.05, 3.63) is 34.9 Å². The zero-order chi connectivity index (χ0) is 14.5. The summed E-state index contributed by atoms with van der Waals surface area (Å²) in [6.45, 7) is 1.52. The number of hydrogen-bond acceptors (Lipinski definition) is 3. The third-order valence-corrected chi connectivity index (χ3v) is 2.41. The van der Waals surface area contributed by atoms with E-state index in [2.05, 4.69) is 4.74 Å². The second kappa shape index (κ2) is 6.23. The van der Waals surface area contributed by atoms with E-state index >= 15 is 0 Å². The Hall–Kier alpha value is -2.03. The molecule has 0 aliphatic heterocycles. The van der Waals surface area contributed by atoms with Crippen molar-refractivity contribution in [2.45, 2.75) is 25.9 Å². The minimum absolute atomic E-state index is 0.00143. The molecule has 102 valence electrons. The van der Waals surface area contributed by atoms with Crippen molar-refractivity contribution in [3.63, 3.8) is 0 Å². The molecule has 0 amide bonds. The predicted octanol–water partition coefficient (Wildman–Crippen LogP) is 3.34. The van der Waals surface area contributed by atoms with Crippen LogP contribution in [0.15, 0.2) is 18.2 Å². The van der Waals surface area contributed by atoms with Crippen molar-refractivity contribution in [1.29, 1.82) is 5.26 Å². The third-order valence-electron chi connectivity index (χ3n) is 2.41. The Balaban J connectivity index is 3.19. The first-order valence-electron chi connectivity index (χ1n) is 5.64. The predicted molar refractivity (Wildman–Crippen MR) is 61.3 cm³/mol. The second-order valence-corrected chi connectivity index (χ2v) is 3.76. The molecular weight excluding hydrogens is 259 g/mol. The number of nitrogens with zero attached hydrogens (tertiary/aromatic N) is 1. The largest absolute Gasteiger partial charge is 0.462 e. The van der Waals surface area contributed by atoms with Crippen molar-refractivity contribution >= 4 is 5.97 Å². The maximum atomic E-state index is 12.8. The Morgan fingerprint density at radius 1 is 1.42 bits per heavy atom. The molecule has 0 heterocycles. The molecule has 0 aromatic heterocycles. The number of esters is 1. The monoisotopic (exact) mass is 271 g/mol. The lowest BCUT2D eigenvalue weighted by Gasteiger charge is -2.13. The normalized spacial score (nSPS) is 10.9. The lowest BCUT2D eigenvalue weighted by molar-refractivity contribution is -0.138. The van der Waals surface area contributed by atoms with Crippen LogP contribution >= 0.6 is 0 Å². The SMILES string of the molecule is CCOC(=O)c1cc(CCC#N)ccc1C(F)(F)F. The Morgan fingerprint density at radius 2 is 2.11 bits per heavy atom. The molecule has 3 nitrogen and oxygen atoms in total. The van der Waals surface area contributed by atoms with Gasteiger partial charge in [-0.1, -0.05) is 6.07 Å². The molecule has 0 N–H and O–H groups in total. The maximum absolute atomic E-state index is 12.8. The lowest BCUT2D eigenvalue weighted by Crippen LogP contribution is -2.15. The van der Waals surface area contributed by atoms with Gasteiger partial charge in [0.1, 0.15) is 0 Å². The summed E-state index contributed by atoms with van der Waals surface area (Å²) in [6, 6.07) is 5.15. The average molecular weight is 271 g/mol. The Kier molecular flexibility index (Phi) is 4.93. The standard InChI is InChI=1S/C13H12F3NO2/c1-2-19-12(18)10-8-9(4-3-7-17)5-6-11(10)13(14,15)16/h5-6,8H,2-4H2,1H3. The molecule has 6 heteroatoms. The molecule has 0 bridgehead atoms. The molecule has 1 rings (SSSR count). The van der Waals surface area contributed by atoms with Crippen LogP contribution in [0.1, 0.15) is 34.8 Å². The van der Waals surface area contributed by atoms with Gasteiger partial charge < -0.3 is 4.74 Å². The molecular formula is C13H12F3NO2. The van der Waals surface area contributed by atoms with Crippen LogP contribution in [0, 0.1) is 11.3 Å².